The van der Waals surface area contributed by atoms with Crippen LogP contribution in [0, 0.1) is 17.2 Å². The van der Waals surface area contributed by atoms with Gasteiger partial charge in [0.25, 0.3) is 11.8 Å². The number of likely N-dealkylation sites (tertiary alicyclic amines) is 1. The number of carbonyl (C=O) groups excluding carboxylic acids is 5. The molecule has 0 radical (unpaired) electrons. The van der Waals surface area contributed by atoms with Crippen molar-refractivity contribution in [2.75, 3.05) is 19.7 Å². The number of rotatable bonds is 10. The number of ether oxygens (including phenoxy) is 1. The number of nitriles is 1. The smallest absolute Gasteiger partial charge is 0.404 e. The standard InChI is InChI=1S/C33H33F2N9O6/c34-33(35)12-24(13-36)44(18-33)31(48)26-10-23(30(47)39-26)11-28(45)42-14-21-2-1-3-22(25(21)16-42)15-43-17-27(40-41-43)19-4-6-20(7-5-19)29(46)38-8-9-50-32(37)49/h1-7,17,23-24,26H,8-12,14-16,18H2,(H2,37,49)(H,38,46)(H,39,47)/t23-,24-,26-/m0/s1. The van der Waals surface area contributed by atoms with Crippen LogP contribution in [0.2, 0.25) is 0 Å². The number of carbonyl (C=O) groups is 5. The Kier molecular flexibility index (Phi) is 9.44. The molecular formula is C33H33F2N9O6. The normalized spacial score (nSPS) is 20.6. The molecule has 0 saturated carbocycles. The van der Waals surface area contributed by atoms with Crippen molar-refractivity contribution >= 4 is 29.7 Å². The van der Waals surface area contributed by atoms with Crippen LogP contribution in [0.5, 0.6) is 0 Å². The number of primary amides is 1. The minimum atomic E-state index is -3.17. The number of alkyl halides is 2. The summed E-state index contributed by atoms with van der Waals surface area (Å²) in [5.41, 5.74) is 9.47. The van der Waals surface area contributed by atoms with Gasteiger partial charge in [0, 0.05) is 43.0 Å². The molecule has 3 aliphatic rings. The molecule has 2 saturated heterocycles. The Labute approximate surface area is 284 Å². The molecule has 0 unspecified atom stereocenters. The lowest BCUT2D eigenvalue weighted by Gasteiger charge is -2.22. The zero-order chi connectivity index (χ0) is 35.6. The Balaban J connectivity index is 1.03. The van der Waals surface area contributed by atoms with Gasteiger partial charge in [-0.25, -0.2) is 18.3 Å². The van der Waals surface area contributed by atoms with Gasteiger partial charge in [0.05, 0.1) is 31.9 Å². The van der Waals surface area contributed by atoms with Crippen LogP contribution in [0.15, 0.2) is 48.7 Å². The lowest BCUT2D eigenvalue weighted by molar-refractivity contribution is -0.135. The quantitative estimate of drug-likeness (QED) is 0.262. The summed E-state index contributed by atoms with van der Waals surface area (Å²) in [5, 5.41) is 22.9. The molecule has 50 heavy (non-hydrogen) atoms. The summed E-state index contributed by atoms with van der Waals surface area (Å²) in [4.78, 5) is 64.4. The Bertz CT molecular complexity index is 1880. The molecule has 3 aliphatic heterocycles. The third kappa shape index (κ3) is 7.38. The number of hydrogen-bond acceptors (Lipinski definition) is 9. The van der Waals surface area contributed by atoms with Crippen molar-refractivity contribution in [1.82, 2.24) is 35.4 Å². The number of benzene rings is 2. The number of amides is 5. The molecule has 0 bridgehead atoms. The van der Waals surface area contributed by atoms with Gasteiger partial charge in [-0.15, -0.1) is 5.10 Å². The minimum absolute atomic E-state index is 0.0198. The summed E-state index contributed by atoms with van der Waals surface area (Å²) in [6.07, 6.45) is -0.0599. The van der Waals surface area contributed by atoms with Crippen LogP contribution >= 0.6 is 0 Å². The third-order valence-electron chi connectivity index (χ3n) is 9.01. The number of nitrogens with two attached hydrogens (primary N) is 1. The highest BCUT2D eigenvalue weighted by Gasteiger charge is 2.50. The van der Waals surface area contributed by atoms with E-state index in [1.807, 2.05) is 18.2 Å². The van der Waals surface area contributed by atoms with Crippen molar-refractivity contribution in [3.05, 3.63) is 70.9 Å². The summed E-state index contributed by atoms with van der Waals surface area (Å²) < 4.78 is 34.0. The SMILES string of the molecule is N#C[C@@H]1CC(F)(F)CN1C(=O)[C@@H]1C[C@@H](CC(=O)N2Cc3cccc(Cn4cc(-c5ccc(C(=O)NCCOC(N)=O)cc5)nn4)c3C2)C(=O)N1. The predicted molar refractivity (Wildman–Crippen MR) is 168 cm³/mol. The van der Waals surface area contributed by atoms with Crippen molar-refractivity contribution < 1.29 is 37.5 Å². The number of halogens is 2. The van der Waals surface area contributed by atoms with Crippen LogP contribution < -0.4 is 16.4 Å². The van der Waals surface area contributed by atoms with Crippen LogP contribution in [0.1, 0.15) is 46.3 Å². The zero-order valence-corrected chi connectivity index (χ0v) is 26.7. The predicted octanol–water partition coefficient (Wildman–Crippen LogP) is 1.32. The maximum absolute atomic E-state index is 13.9. The monoisotopic (exact) mass is 689 g/mol. The minimum Gasteiger partial charge on any atom is -0.448 e. The van der Waals surface area contributed by atoms with Gasteiger partial charge in [0.15, 0.2) is 0 Å². The Morgan fingerprint density at radius 2 is 1.92 bits per heavy atom. The molecule has 0 aliphatic carbocycles. The highest BCUT2D eigenvalue weighted by atomic mass is 19.3. The summed E-state index contributed by atoms with van der Waals surface area (Å²) in [6, 6.07) is 11.9. The fourth-order valence-corrected chi connectivity index (χ4v) is 6.49. The van der Waals surface area contributed by atoms with Gasteiger partial charge in [0.1, 0.15) is 24.4 Å². The van der Waals surface area contributed by atoms with E-state index >= 15 is 0 Å². The highest BCUT2D eigenvalue weighted by molar-refractivity contribution is 5.95. The first-order chi connectivity index (χ1) is 23.9. The topological polar surface area (TPSA) is 206 Å². The van der Waals surface area contributed by atoms with E-state index in [0.29, 0.717) is 30.9 Å². The van der Waals surface area contributed by atoms with Crippen LogP contribution in [0.3, 0.4) is 0 Å². The van der Waals surface area contributed by atoms with Crippen LogP contribution in [0.25, 0.3) is 11.3 Å². The Morgan fingerprint density at radius 1 is 1.14 bits per heavy atom. The summed E-state index contributed by atoms with van der Waals surface area (Å²) in [7, 11) is 0. The second-order valence-corrected chi connectivity index (χ2v) is 12.5. The second kappa shape index (κ2) is 13.9. The molecule has 2 fully saturated rings. The lowest BCUT2D eigenvalue weighted by Crippen LogP contribution is -2.46. The van der Waals surface area contributed by atoms with E-state index in [1.165, 1.54) is 0 Å². The molecule has 15 nitrogen and oxygen atoms in total. The first-order valence-electron chi connectivity index (χ1n) is 15.9. The van der Waals surface area contributed by atoms with E-state index in [4.69, 9.17) is 5.73 Å². The van der Waals surface area contributed by atoms with E-state index in [0.717, 1.165) is 27.2 Å². The largest absolute Gasteiger partial charge is 0.448 e. The fraction of sp³-hybridized carbons (Fsp3) is 0.394. The van der Waals surface area contributed by atoms with E-state index in [1.54, 1.807) is 46.1 Å². The molecule has 4 heterocycles. The van der Waals surface area contributed by atoms with Gasteiger partial charge in [-0.3, -0.25) is 19.2 Å². The van der Waals surface area contributed by atoms with Gasteiger partial charge >= 0.3 is 6.09 Å². The van der Waals surface area contributed by atoms with Crippen molar-refractivity contribution in [2.45, 2.75) is 56.9 Å². The molecule has 3 aromatic rings. The summed E-state index contributed by atoms with van der Waals surface area (Å²) >= 11 is 0. The first-order valence-corrected chi connectivity index (χ1v) is 15.9. The molecule has 17 heteroatoms. The van der Waals surface area contributed by atoms with Crippen LogP contribution in [-0.4, -0.2) is 92.2 Å². The first kappa shape index (κ1) is 34.0. The molecule has 3 atom stereocenters. The number of aromatic nitrogens is 3. The lowest BCUT2D eigenvalue weighted by atomic mass is 9.99. The van der Waals surface area contributed by atoms with Crippen molar-refractivity contribution in [3.8, 4) is 17.3 Å². The number of hydrogen-bond donors (Lipinski definition) is 3. The van der Waals surface area contributed by atoms with E-state index in [-0.39, 0.29) is 37.8 Å². The Hall–Kier alpha value is -5.92. The maximum Gasteiger partial charge on any atom is 0.404 e. The van der Waals surface area contributed by atoms with Gasteiger partial charge in [-0.05, 0) is 35.2 Å². The van der Waals surface area contributed by atoms with Crippen LogP contribution in [-0.2, 0) is 38.8 Å². The molecular weight excluding hydrogens is 656 g/mol. The molecule has 1 aromatic heterocycles. The summed E-state index contributed by atoms with van der Waals surface area (Å²) in [6.45, 7) is 0.228. The van der Waals surface area contributed by atoms with Gasteiger partial charge in [-0.2, -0.15) is 5.26 Å². The number of nitrogens with one attached hydrogen (secondary N) is 2. The van der Waals surface area contributed by atoms with Crippen molar-refractivity contribution in [1.29, 1.82) is 5.26 Å². The van der Waals surface area contributed by atoms with Crippen LogP contribution in [0.4, 0.5) is 13.6 Å². The molecule has 5 amide bonds. The van der Waals surface area contributed by atoms with Gasteiger partial charge in [0.2, 0.25) is 17.7 Å². The van der Waals surface area contributed by atoms with Gasteiger partial charge < -0.3 is 30.9 Å². The maximum atomic E-state index is 13.9. The van der Waals surface area contributed by atoms with E-state index < -0.39 is 54.8 Å². The van der Waals surface area contributed by atoms with Crippen molar-refractivity contribution in [3.63, 3.8) is 0 Å². The van der Waals surface area contributed by atoms with Crippen molar-refractivity contribution in [2.24, 2.45) is 11.7 Å². The molecule has 0 spiro atoms. The highest BCUT2D eigenvalue weighted by Crippen LogP contribution is 2.34. The second-order valence-electron chi connectivity index (χ2n) is 12.5. The third-order valence-corrected chi connectivity index (χ3v) is 9.01. The number of fused-ring (bicyclic) bond motifs is 1. The molecule has 2 aromatic carbocycles. The Morgan fingerprint density at radius 3 is 2.66 bits per heavy atom. The zero-order valence-electron chi connectivity index (χ0n) is 26.7. The van der Waals surface area contributed by atoms with E-state index in [9.17, 15) is 38.0 Å². The fourth-order valence-electron chi connectivity index (χ4n) is 6.49. The molecule has 6 rings (SSSR count). The molecule has 260 valence electrons. The number of nitrogens with zero attached hydrogens (tertiary/aromatic N) is 6. The average molecular weight is 690 g/mol. The van der Waals surface area contributed by atoms with E-state index in [2.05, 4.69) is 25.7 Å². The summed E-state index contributed by atoms with van der Waals surface area (Å²) in [5.74, 6) is -5.83. The molecule has 4 N–H and O–H groups in total. The average Bonchev–Trinajstić information content (AvgIpc) is 3.88. The van der Waals surface area contributed by atoms with Gasteiger partial charge in [-0.1, -0.05) is 35.5 Å².